The van der Waals surface area contributed by atoms with E-state index in [4.69, 9.17) is 9.47 Å². The Balaban J connectivity index is 1.97. The number of methoxy groups -OCH3 is 1. The van der Waals surface area contributed by atoms with Crippen LogP contribution in [0.3, 0.4) is 0 Å². The maximum absolute atomic E-state index is 13.3. The molecule has 1 aliphatic rings. The van der Waals surface area contributed by atoms with Gasteiger partial charge < -0.3 is 14.8 Å². The van der Waals surface area contributed by atoms with Gasteiger partial charge in [0, 0.05) is 18.7 Å². The number of rotatable bonds is 6. The molecule has 0 fully saturated rings. The van der Waals surface area contributed by atoms with Crippen molar-refractivity contribution in [1.82, 2.24) is 10.3 Å². The van der Waals surface area contributed by atoms with Crippen LogP contribution in [0.1, 0.15) is 62.0 Å². The van der Waals surface area contributed by atoms with Crippen molar-refractivity contribution in [3.63, 3.8) is 0 Å². The van der Waals surface area contributed by atoms with Crippen LogP contribution < -0.4 is 15.0 Å². The number of amides is 1. The molecule has 1 amide bonds. The number of benzene rings is 1. The minimum absolute atomic E-state index is 0.0944. The number of nitrogens with zero attached hydrogens (tertiary/aromatic N) is 2. The molecule has 0 aliphatic carbocycles. The van der Waals surface area contributed by atoms with Gasteiger partial charge in [-0.3, -0.25) is 4.90 Å². The minimum Gasteiger partial charge on any atom is -0.481 e. The van der Waals surface area contributed by atoms with Crippen molar-refractivity contribution in [1.29, 1.82) is 0 Å². The Morgan fingerprint density at radius 1 is 1.11 bits per heavy atom. The first kappa shape index (κ1) is 27.6. The van der Waals surface area contributed by atoms with E-state index in [0.29, 0.717) is 36.4 Å². The monoisotopic (exact) mass is 519 g/mol. The van der Waals surface area contributed by atoms with Crippen molar-refractivity contribution in [2.75, 3.05) is 12.0 Å². The van der Waals surface area contributed by atoms with Crippen molar-refractivity contribution in [2.24, 2.45) is 0 Å². The predicted octanol–water partition coefficient (Wildman–Crippen LogP) is 6.49. The van der Waals surface area contributed by atoms with Crippen molar-refractivity contribution in [3.8, 4) is 5.88 Å². The second-order valence-corrected chi connectivity index (χ2v) is 8.71. The van der Waals surface area contributed by atoms with Gasteiger partial charge in [0.25, 0.3) is 0 Å². The SMILES string of the molecule is CC[C@H]1C[C@@H](NCc2cc(C(F)(F)F)cc(C(F)(F)F)c2)c2nc(OC)ccc2N1C(=O)OC(C)C. The number of hydrogen-bond donors (Lipinski definition) is 1. The molecule has 3 rings (SSSR count). The summed E-state index contributed by atoms with van der Waals surface area (Å²) in [7, 11) is 1.40. The molecule has 2 heterocycles. The third kappa shape index (κ3) is 6.21. The smallest absolute Gasteiger partial charge is 0.416 e. The van der Waals surface area contributed by atoms with Crippen LogP contribution in [0.25, 0.3) is 0 Å². The van der Waals surface area contributed by atoms with Crippen molar-refractivity contribution >= 4 is 11.8 Å². The Kier molecular flexibility index (Phi) is 8.07. The lowest BCUT2D eigenvalue weighted by Gasteiger charge is -2.39. The highest BCUT2D eigenvalue weighted by atomic mass is 19.4. The fraction of sp³-hybridized carbons (Fsp3) is 0.500. The first-order valence-electron chi connectivity index (χ1n) is 11.3. The zero-order valence-electron chi connectivity index (χ0n) is 20.1. The second kappa shape index (κ2) is 10.5. The highest BCUT2D eigenvalue weighted by molar-refractivity contribution is 5.90. The molecule has 0 bridgehead atoms. The summed E-state index contributed by atoms with van der Waals surface area (Å²) in [4.78, 5) is 18.8. The molecule has 12 heteroatoms. The van der Waals surface area contributed by atoms with E-state index in [9.17, 15) is 31.1 Å². The van der Waals surface area contributed by atoms with Crippen LogP contribution in [0.2, 0.25) is 0 Å². The van der Waals surface area contributed by atoms with Crippen molar-refractivity contribution in [2.45, 2.75) is 70.7 Å². The molecule has 0 unspecified atom stereocenters. The summed E-state index contributed by atoms with van der Waals surface area (Å²) >= 11 is 0. The Labute approximate surface area is 204 Å². The fourth-order valence-corrected chi connectivity index (χ4v) is 4.11. The molecule has 1 aromatic carbocycles. The summed E-state index contributed by atoms with van der Waals surface area (Å²) in [5, 5.41) is 3.04. The number of nitrogens with one attached hydrogen (secondary N) is 1. The van der Waals surface area contributed by atoms with E-state index in [0.717, 1.165) is 0 Å². The van der Waals surface area contributed by atoms with Crippen LogP contribution in [0.4, 0.5) is 36.8 Å². The van der Waals surface area contributed by atoms with Gasteiger partial charge in [0.05, 0.1) is 41.8 Å². The maximum Gasteiger partial charge on any atom is 0.416 e. The van der Waals surface area contributed by atoms with Gasteiger partial charge in [-0.1, -0.05) is 6.92 Å². The molecule has 2 atom stereocenters. The summed E-state index contributed by atoms with van der Waals surface area (Å²) in [6, 6.07) is 3.74. The second-order valence-electron chi connectivity index (χ2n) is 8.71. The Morgan fingerprint density at radius 3 is 2.22 bits per heavy atom. The quantitative estimate of drug-likeness (QED) is 0.442. The van der Waals surface area contributed by atoms with Crippen LogP contribution in [0.5, 0.6) is 5.88 Å². The van der Waals surface area contributed by atoms with Gasteiger partial charge in [-0.15, -0.1) is 0 Å². The van der Waals surface area contributed by atoms with Gasteiger partial charge in [0.1, 0.15) is 0 Å². The maximum atomic E-state index is 13.3. The topological polar surface area (TPSA) is 63.7 Å². The Morgan fingerprint density at radius 2 is 1.72 bits per heavy atom. The number of anilines is 1. The highest BCUT2D eigenvalue weighted by Gasteiger charge is 2.39. The van der Waals surface area contributed by atoms with Crippen LogP contribution in [-0.2, 0) is 23.6 Å². The first-order valence-corrected chi connectivity index (χ1v) is 11.3. The normalized spacial score (nSPS) is 18.2. The van der Waals surface area contributed by atoms with E-state index in [1.54, 1.807) is 26.0 Å². The molecule has 2 aromatic rings. The average Bonchev–Trinajstić information content (AvgIpc) is 2.79. The predicted molar refractivity (Wildman–Crippen MR) is 120 cm³/mol. The van der Waals surface area contributed by atoms with Gasteiger partial charge in [0.15, 0.2) is 0 Å². The van der Waals surface area contributed by atoms with E-state index in [1.807, 2.05) is 6.92 Å². The lowest BCUT2D eigenvalue weighted by atomic mass is 9.93. The zero-order chi connectivity index (χ0) is 26.8. The van der Waals surface area contributed by atoms with Crippen LogP contribution in [0.15, 0.2) is 30.3 Å². The average molecular weight is 519 g/mol. The summed E-state index contributed by atoms with van der Waals surface area (Å²) in [5.74, 6) is 0.242. The largest absolute Gasteiger partial charge is 0.481 e. The molecule has 0 radical (unpaired) electrons. The van der Waals surface area contributed by atoms with Crippen LogP contribution in [0, 0.1) is 0 Å². The highest BCUT2D eigenvalue weighted by Crippen LogP contribution is 2.40. The van der Waals surface area contributed by atoms with Gasteiger partial charge in [-0.25, -0.2) is 9.78 Å². The molecule has 1 aromatic heterocycles. The number of aromatic nitrogens is 1. The van der Waals surface area contributed by atoms with Crippen LogP contribution >= 0.6 is 0 Å². The third-order valence-corrected chi connectivity index (χ3v) is 5.75. The molecular weight excluding hydrogens is 492 g/mol. The molecule has 6 nitrogen and oxygen atoms in total. The zero-order valence-corrected chi connectivity index (χ0v) is 20.1. The lowest BCUT2D eigenvalue weighted by Crippen LogP contribution is -2.47. The molecule has 36 heavy (non-hydrogen) atoms. The number of pyridine rings is 1. The number of hydrogen-bond acceptors (Lipinski definition) is 5. The molecule has 0 saturated heterocycles. The number of carbonyl (C=O) groups excluding carboxylic acids is 1. The molecule has 1 aliphatic heterocycles. The van der Waals surface area contributed by atoms with Gasteiger partial charge in [-0.05, 0) is 56.5 Å². The fourth-order valence-electron chi connectivity index (χ4n) is 4.11. The Bertz CT molecular complexity index is 1060. The summed E-state index contributed by atoms with van der Waals surface area (Å²) in [5.41, 5.74) is -2.14. The number of alkyl halides is 6. The summed E-state index contributed by atoms with van der Waals surface area (Å²) in [6.45, 7) is 5.00. The number of ether oxygens (including phenoxy) is 2. The third-order valence-electron chi connectivity index (χ3n) is 5.75. The molecular formula is C24H27F6N3O3. The van der Waals surface area contributed by atoms with Crippen LogP contribution in [-0.4, -0.2) is 30.3 Å². The van der Waals surface area contributed by atoms with Gasteiger partial charge >= 0.3 is 18.4 Å². The molecule has 1 N–H and O–H groups in total. The van der Waals surface area contributed by atoms with E-state index in [-0.39, 0.29) is 36.2 Å². The first-order chi connectivity index (χ1) is 16.7. The van der Waals surface area contributed by atoms with E-state index < -0.39 is 35.6 Å². The number of halogens is 6. The lowest BCUT2D eigenvalue weighted by molar-refractivity contribution is -0.143. The Hall–Kier alpha value is -3.02. The standard InChI is InChI=1S/C24H27F6N3O3/c1-5-17-11-18(21-19(6-7-20(32-21)35-4)33(17)22(34)36-13(2)3)31-12-14-8-15(23(25,26)27)10-16(9-14)24(28,29)30/h6-10,13,17-18,31H,5,11-12H2,1-4H3/t17-,18+/m0/s1. The van der Waals surface area contributed by atoms with Crippen molar-refractivity contribution in [3.05, 3.63) is 52.7 Å². The number of carbonyl (C=O) groups is 1. The summed E-state index contributed by atoms with van der Waals surface area (Å²) < 4.78 is 90.1. The van der Waals surface area contributed by atoms with E-state index in [1.165, 1.54) is 12.0 Å². The minimum atomic E-state index is -4.94. The van der Waals surface area contributed by atoms with Crippen molar-refractivity contribution < 1.29 is 40.6 Å². The molecule has 0 spiro atoms. The van der Waals surface area contributed by atoms with Gasteiger partial charge in [-0.2, -0.15) is 26.3 Å². The molecule has 0 saturated carbocycles. The number of fused-ring (bicyclic) bond motifs is 1. The summed E-state index contributed by atoms with van der Waals surface area (Å²) in [6.07, 6.45) is -9.99. The molecule has 198 valence electrons. The van der Waals surface area contributed by atoms with E-state index in [2.05, 4.69) is 10.3 Å². The van der Waals surface area contributed by atoms with Gasteiger partial charge in [0.2, 0.25) is 5.88 Å². The van der Waals surface area contributed by atoms with E-state index >= 15 is 0 Å².